The highest BCUT2D eigenvalue weighted by Gasteiger charge is 2.31. The van der Waals surface area contributed by atoms with E-state index in [1.165, 1.54) is 33.1 Å². The number of carbonyl (C=O) groups is 2. The van der Waals surface area contributed by atoms with Crippen LogP contribution >= 0.6 is 23.2 Å². The van der Waals surface area contributed by atoms with E-state index >= 15 is 0 Å². The molecule has 0 saturated heterocycles. The average Bonchev–Trinajstić information content (AvgIpc) is 2.33. The van der Waals surface area contributed by atoms with Gasteiger partial charge >= 0.3 is 5.97 Å². The van der Waals surface area contributed by atoms with Gasteiger partial charge < -0.3 is 15.8 Å². The normalized spacial score (nSPS) is 11.0. The van der Waals surface area contributed by atoms with E-state index in [1.807, 2.05) is 0 Å². The number of nitrogens with two attached hydrogens (primary N) is 1. The van der Waals surface area contributed by atoms with Crippen molar-refractivity contribution in [1.82, 2.24) is 5.32 Å². The van der Waals surface area contributed by atoms with Crippen molar-refractivity contribution in [2.75, 3.05) is 12.8 Å². The lowest BCUT2D eigenvalue weighted by atomic mass is 10.0. The van der Waals surface area contributed by atoms with Crippen molar-refractivity contribution in [3.05, 3.63) is 27.7 Å². The average molecular weight is 305 g/mol. The van der Waals surface area contributed by atoms with Crippen LogP contribution in [-0.2, 0) is 9.53 Å². The maximum atomic E-state index is 12.0. The molecule has 7 heteroatoms. The fourth-order valence-electron chi connectivity index (χ4n) is 1.38. The molecule has 0 aromatic heterocycles. The SMILES string of the molecule is COC(=O)C(C)(C)NC(=O)c1cc(Cl)c(N)c(Cl)c1. The molecular formula is C12H14Cl2N2O3. The first-order valence-electron chi connectivity index (χ1n) is 5.34. The summed E-state index contributed by atoms with van der Waals surface area (Å²) in [6.45, 7) is 3.05. The summed E-state index contributed by atoms with van der Waals surface area (Å²) < 4.78 is 4.59. The van der Waals surface area contributed by atoms with E-state index in [9.17, 15) is 9.59 Å². The van der Waals surface area contributed by atoms with Gasteiger partial charge in [0.05, 0.1) is 22.8 Å². The zero-order valence-corrected chi connectivity index (χ0v) is 12.2. The maximum absolute atomic E-state index is 12.0. The first-order valence-corrected chi connectivity index (χ1v) is 6.10. The molecule has 3 N–H and O–H groups in total. The summed E-state index contributed by atoms with van der Waals surface area (Å²) >= 11 is 11.7. The number of halogens is 2. The molecule has 1 aromatic carbocycles. The largest absolute Gasteiger partial charge is 0.467 e. The molecule has 0 atom stereocenters. The number of hydrogen-bond donors (Lipinski definition) is 2. The number of rotatable bonds is 3. The van der Waals surface area contributed by atoms with E-state index < -0.39 is 17.4 Å². The van der Waals surface area contributed by atoms with Crippen molar-refractivity contribution in [1.29, 1.82) is 0 Å². The van der Waals surface area contributed by atoms with Gasteiger partial charge in [-0.3, -0.25) is 4.79 Å². The highest BCUT2D eigenvalue weighted by atomic mass is 35.5. The predicted octanol–water partition coefficient (Wildman–Crippen LogP) is 2.26. The first kappa shape index (κ1) is 15.6. The topological polar surface area (TPSA) is 81.4 Å². The van der Waals surface area contributed by atoms with Gasteiger partial charge in [0.2, 0.25) is 0 Å². The van der Waals surface area contributed by atoms with Crippen LogP contribution < -0.4 is 11.1 Å². The Kier molecular flexibility index (Phi) is 4.66. The van der Waals surface area contributed by atoms with Crippen molar-refractivity contribution in [2.45, 2.75) is 19.4 Å². The zero-order valence-electron chi connectivity index (χ0n) is 10.7. The fourth-order valence-corrected chi connectivity index (χ4v) is 1.86. The molecule has 0 aliphatic heterocycles. The molecule has 104 valence electrons. The molecule has 1 rings (SSSR count). The molecule has 1 aromatic rings. The van der Waals surface area contributed by atoms with E-state index in [0.717, 1.165) is 0 Å². The summed E-state index contributed by atoms with van der Waals surface area (Å²) in [5.74, 6) is -1.06. The van der Waals surface area contributed by atoms with Crippen molar-refractivity contribution >= 4 is 40.8 Å². The number of anilines is 1. The number of methoxy groups -OCH3 is 1. The molecule has 0 radical (unpaired) electrons. The fraction of sp³-hybridized carbons (Fsp3) is 0.333. The number of hydrogen-bond acceptors (Lipinski definition) is 4. The van der Waals surface area contributed by atoms with Gasteiger partial charge in [0.1, 0.15) is 5.54 Å². The van der Waals surface area contributed by atoms with Gasteiger partial charge in [-0.2, -0.15) is 0 Å². The van der Waals surface area contributed by atoms with Crippen LogP contribution in [0.25, 0.3) is 0 Å². The predicted molar refractivity (Wildman–Crippen MR) is 74.4 cm³/mol. The second-order valence-corrected chi connectivity index (χ2v) is 5.24. The Hall–Kier alpha value is -1.46. The summed E-state index contributed by atoms with van der Waals surface area (Å²) in [5, 5.41) is 2.87. The third-order valence-corrected chi connectivity index (χ3v) is 3.09. The molecular weight excluding hydrogens is 291 g/mol. The lowest BCUT2D eigenvalue weighted by molar-refractivity contribution is -0.146. The van der Waals surface area contributed by atoms with Crippen molar-refractivity contribution < 1.29 is 14.3 Å². The van der Waals surface area contributed by atoms with Crippen molar-refractivity contribution in [3.63, 3.8) is 0 Å². The van der Waals surface area contributed by atoms with Crippen LogP contribution in [-0.4, -0.2) is 24.5 Å². The molecule has 0 bridgehead atoms. The molecule has 5 nitrogen and oxygen atoms in total. The van der Waals surface area contributed by atoms with Gasteiger partial charge in [0.25, 0.3) is 5.91 Å². The monoisotopic (exact) mass is 304 g/mol. The van der Waals surface area contributed by atoms with Crippen LogP contribution in [0, 0.1) is 0 Å². The summed E-state index contributed by atoms with van der Waals surface area (Å²) in [7, 11) is 1.24. The Morgan fingerprint density at radius 2 is 1.74 bits per heavy atom. The number of benzene rings is 1. The Balaban J connectivity index is 3.00. The highest BCUT2D eigenvalue weighted by Crippen LogP contribution is 2.28. The molecule has 1 amide bonds. The second kappa shape index (κ2) is 5.67. The van der Waals surface area contributed by atoms with Crippen LogP contribution in [0.4, 0.5) is 5.69 Å². The van der Waals surface area contributed by atoms with Crippen LogP contribution in [0.3, 0.4) is 0 Å². The van der Waals surface area contributed by atoms with Gasteiger partial charge in [0.15, 0.2) is 0 Å². The van der Waals surface area contributed by atoms with Crippen molar-refractivity contribution in [2.24, 2.45) is 0 Å². The molecule has 19 heavy (non-hydrogen) atoms. The molecule has 0 unspecified atom stereocenters. The van der Waals surface area contributed by atoms with E-state index in [4.69, 9.17) is 28.9 Å². The Morgan fingerprint density at radius 1 is 1.26 bits per heavy atom. The second-order valence-electron chi connectivity index (χ2n) is 4.42. The lowest BCUT2D eigenvalue weighted by Gasteiger charge is -2.23. The summed E-state index contributed by atoms with van der Waals surface area (Å²) in [6.07, 6.45) is 0. The van der Waals surface area contributed by atoms with Crippen molar-refractivity contribution in [3.8, 4) is 0 Å². The zero-order chi connectivity index (χ0) is 14.8. The maximum Gasteiger partial charge on any atom is 0.330 e. The summed E-state index contributed by atoms with van der Waals surface area (Å²) in [5.41, 5.74) is 4.83. The molecule has 0 aliphatic rings. The van der Waals surface area contributed by atoms with Gasteiger partial charge in [-0.05, 0) is 26.0 Å². The number of esters is 1. The number of nitrogen functional groups attached to an aromatic ring is 1. The number of nitrogens with one attached hydrogen (secondary N) is 1. The minimum atomic E-state index is -1.16. The molecule has 0 saturated carbocycles. The number of ether oxygens (including phenoxy) is 1. The van der Waals surface area contributed by atoms with Crippen LogP contribution in [0.15, 0.2) is 12.1 Å². The van der Waals surface area contributed by atoms with E-state index in [2.05, 4.69) is 10.1 Å². The molecule has 0 fully saturated rings. The standard InChI is InChI=1S/C12H14Cl2N2O3/c1-12(2,11(18)19-3)16-10(17)6-4-7(13)9(15)8(14)5-6/h4-5H,15H2,1-3H3,(H,16,17). The Labute approximate surface area is 121 Å². The third-order valence-electron chi connectivity index (χ3n) is 2.46. The summed E-state index contributed by atoms with van der Waals surface area (Å²) in [6, 6.07) is 2.76. The van der Waals surface area contributed by atoms with Gasteiger partial charge in [-0.15, -0.1) is 0 Å². The quantitative estimate of drug-likeness (QED) is 0.663. The van der Waals surface area contributed by atoms with Gasteiger partial charge in [-0.1, -0.05) is 23.2 Å². The smallest absolute Gasteiger partial charge is 0.330 e. The minimum absolute atomic E-state index is 0.175. The van der Waals surface area contributed by atoms with Gasteiger partial charge in [0, 0.05) is 5.56 Å². The number of amides is 1. The van der Waals surface area contributed by atoms with Crippen LogP contribution in [0.5, 0.6) is 0 Å². The van der Waals surface area contributed by atoms with Gasteiger partial charge in [-0.25, -0.2) is 4.79 Å². The Morgan fingerprint density at radius 3 is 2.16 bits per heavy atom. The third kappa shape index (κ3) is 3.52. The van der Waals surface area contributed by atoms with E-state index in [0.29, 0.717) is 0 Å². The lowest BCUT2D eigenvalue weighted by Crippen LogP contribution is -2.50. The van der Waals surface area contributed by atoms with E-state index in [1.54, 1.807) is 0 Å². The highest BCUT2D eigenvalue weighted by molar-refractivity contribution is 6.39. The molecule has 0 spiro atoms. The first-order chi connectivity index (χ1) is 8.69. The number of carbonyl (C=O) groups excluding carboxylic acids is 2. The van der Waals surface area contributed by atoms with E-state index in [-0.39, 0.29) is 21.3 Å². The molecule has 0 aliphatic carbocycles. The van der Waals surface area contributed by atoms with Crippen LogP contribution in [0.1, 0.15) is 24.2 Å². The molecule has 0 heterocycles. The Bertz CT molecular complexity index is 507. The van der Waals surface area contributed by atoms with Crippen LogP contribution in [0.2, 0.25) is 10.0 Å². The summed E-state index contributed by atoms with van der Waals surface area (Å²) in [4.78, 5) is 23.5. The minimum Gasteiger partial charge on any atom is -0.467 e.